The number of aromatic amines is 1. The van der Waals surface area contributed by atoms with Crippen molar-refractivity contribution in [1.29, 1.82) is 0 Å². The van der Waals surface area contributed by atoms with E-state index in [0.717, 1.165) is 12.0 Å². The van der Waals surface area contributed by atoms with E-state index >= 15 is 0 Å². The first-order chi connectivity index (χ1) is 16.5. The van der Waals surface area contributed by atoms with Crippen LogP contribution in [-0.2, 0) is 17.9 Å². The molecule has 8 nitrogen and oxygen atoms in total. The fraction of sp³-hybridized carbons (Fsp3) is 0.346. The quantitative estimate of drug-likeness (QED) is 0.477. The Labute approximate surface area is 198 Å². The number of hydrogen-bond donors (Lipinski definition) is 3. The zero-order valence-corrected chi connectivity index (χ0v) is 19.5. The minimum Gasteiger partial charge on any atom is -0.373 e. The van der Waals surface area contributed by atoms with Gasteiger partial charge in [0.1, 0.15) is 5.69 Å². The third-order valence-corrected chi connectivity index (χ3v) is 6.18. The fourth-order valence-corrected chi connectivity index (χ4v) is 4.35. The summed E-state index contributed by atoms with van der Waals surface area (Å²) in [7, 11) is 0. The zero-order valence-electron chi connectivity index (χ0n) is 19.5. The molecule has 0 spiro atoms. The highest BCUT2D eigenvalue weighted by atomic mass is 16.5. The van der Waals surface area contributed by atoms with Gasteiger partial charge in [-0.25, -0.2) is 0 Å². The molecule has 3 heterocycles. The maximum Gasteiger partial charge on any atom is 0.268 e. The summed E-state index contributed by atoms with van der Waals surface area (Å²) in [6.07, 6.45) is 1.34. The maximum absolute atomic E-state index is 13.3. The Balaban J connectivity index is 1.59. The van der Waals surface area contributed by atoms with Crippen LogP contribution in [0.1, 0.15) is 76.6 Å². The summed E-state index contributed by atoms with van der Waals surface area (Å²) in [6.45, 7) is 5.18. The average molecular weight is 463 g/mol. The number of carbonyl (C=O) groups is 2. The molecule has 0 aliphatic carbocycles. The highest BCUT2D eigenvalue weighted by Crippen LogP contribution is 2.24. The molecule has 1 aliphatic heterocycles. The van der Waals surface area contributed by atoms with Gasteiger partial charge < -0.3 is 24.9 Å². The Bertz CT molecular complexity index is 1220. The second kappa shape index (κ2) is 10.5. The Morgan fingerprint density at radius 3 is 2.44 bits per heavy atom. The van der Waals surface area contributed by atoms with Crippen LogP contribution < -0.4 is 16.2 Å². The molecule has 0 bridgehead atoms. The molecule has 2 unspecified atom stereocenters. The molecule has 0 saturated carbocycles. The summed E-state index contributed by atoms with van der Waals surface area (Å²) in [4.78, 5) is 41.1. The number of nitrogens with one attached hydrogen (secondary N) is 3. The van der Waals surface area contributed by atoms with Crippen LogP contribution >= 0.6 is 0 Å². The summed E-state index contributed by atoms with van der Waals surface area (Å²) in [5.74, 6) is -0.530. The molecule has 1 aromatic carbocycles. The monoisotopic (exact) mass is 462 g/mol. The Kier molecular flexibility index (Phi) is 7.27. The molecule has 0 fully saturated rings. The number of rotatable bonds is 8. The van der Waals surface area contributed by atoms with Crippen molar-refractivity contribution < 1.29 is 14.3 Å². The normalized spacial score (nSPS) is 14.6. The Hall–Kier alpha value is -3.65. The van der Waals surface area contributed by atoms with E-state index in [1.54, 1.807) is 18.2 Å². The predicted molar refractivity (Wildman–Crippen MR) is 129 cm³/mol. The van der Waals surface area contributed by atoms with Gasteiger partial charge in [-0.1, -0.05) is 50.2 Å². The Morgan fingerprint density at radius 1 is 1.00 bits per heavy atom. The van der Waals surface area contributed by atoms with Crippen LogP contribution in [0.2, 0.25) is 0 Å². The molecule has 4 rings (SSSR count). The number of benzene rings is 1. The first-order valence-electron chi connectivity index (χ1n) is 11.7. The highest BCUT2D eigenvalue weighted by molar-refractivity contribution is 6.01. The lowest BCUT2D eigenvalue weighted by atomic mass is 10.0. The van der Waals surface area contributed by atoms with Crippen LogP contribution in [0.3, 0.4) is 0 Å². The van der Waals surface area contributed by atoms with Crippen LogP contribution in [0.25, 0.3) is 0 Å². The van der Waals surface area contributed by atoms with Gasteiger partial charge in [-0.2, -0.15) is 0 Å². The van der Waals surface area contributed by atoms with Gasteiger partial charge in [-0.05, 0) is 30.5 Å². The molecular weight excluding hydrogens is 432 g/mol. The number of amides is 2. The third kappa shape index (κ3) is 4.97. The van der Waals surface area contributed by atoms with Crippen molar-refractivity contribution in [1.82, 2.24) is 20.2 Å². The summed E-state index contributed by atoms with van der Waals surface area (Å²) < 4.78 is 7.47. The van der Waals surface area contributed by atoms with E-state index in [2.05, 4.69) is 15.6 Å². The summed E-state index contributed by atoms with van der Waals surface area (Å²) in [5, 5.41) is 6.11. The SMILES string of the molecule is CCC(NC(=O)c1cc(C(=O)NC(CC)c2cccc(=O)[nH]2)n2c1COCC2)c1ccccc1. The number of hydrogen-bond acceptors (Lipinski definition) is 4. The number of nitrogens with zero attached hydrogens (tertiary/aromatic N) is 1. The van der Waals surface area contributed by atoms with Crippen LogP contribution in [0.4, 0.5) is 0 Å². The van der Waals surface area contributed by atoms with Gasteiger partial charge in [-0.15, -0.1) is 0 Å². The van der Waals surface area contributed by atoms with Crippen molar-refractivity contribution in [3.63, 3.8) is 0 Å². The topological polar surface area (TPSA) is 105 Å². The second-order valence-corrected chi connectivity index (χ2v) is 8.34. The molecule has 3 aromatic rings. The van der Waals surface area contributed by atoms with Crippen molar-refractivity contribution >= 4 is 11.8 Å². The van der Waals surface area contributed by atoms with Crippen molar-refractivity contribution in [2.45, 2.75) is 51.9 Å². The molecule has 178 valence electrons. The van der Waals surface area contributed by atoms with E-state index in [1.165, 1.54) is 6.07 Å². The largest absolute Gasteiger partial charge is 0.373 e. The third-order valence-electron chi connectivity index (χ3n) is 6.18. The van der Waals surface area contributed by atoms with Crippen molar-refractivity contribution in [3.8, 4) is 0 Å². The molecule has 3 N–H and O–H groups in total. The van der Waals surface area contributed by atoms with E-state index < -0.39 is 0 Å². The number of fused-ring (bicyclic) bond motifs is 1. The number of aromatic nitrogens is 2. The highest BCUT2D eigenvalue weighted by Gasteiger charge is 2.28. The molecule has 1 aliphatic rings. The van der Waals surface area contributed by atoms with E-state index in [1.807, 2.05) is 48.7 Å². The van der Waals surface area contributed by atoms with Crippen LogP contribution in [0.5, 0.6) is 0 Å². The molecule has 0 radical (unpaired) electrons. The van der Waals surface area contributed by atoms with Crippen LogP contribution in [-0.4, -0.2) is 28.0 Å². The molecule has 34 heavy (non-hydrogen) atoms. The molecule has 0 saturated heterocycles. The summed E-state index contributed by atoms with van der Waals surface area (Å²) in [5.41, 5.74) is 3.00. The summed E-state index contributed by atoms with van der Waals surface area (Å²) >= 11 is 0. The van der Waals surface area contributed by atoms with Gasteiger partial charge in [0.2, 0.25) is 5.56 Å². The van der Waals surface area contributed by atoms with E-state index in [9.17, 15) is 14.4 Å². The van der Waals surface area contributed by atoms with E-state index in [0.29, 0.717) is 42.2 Å². The first-order valence-corrected chi connectivity index (χ1v) is 11.7. The van der Waals surface area contributed by atoms with Gasteiger partial charge >= 0.3 is 0 Å². The van der Waals surface area contributed by atoms with E-state index in [4.69, 9.17) is 4.74 Å². The summed E-state index contributed by atoms with van der Waals surface area (Å²) in [6, 6.07) is 15.9. The maximum atomic E-state index is 13.3. The van der Waals surface area contributed by atoms with Crippen molar-refractivity contribution in [2.75, 3.05) is 6.61 Å². The molecule has 2 atom stereocenters. The van der Waals surface area contributed by atoms with Gasteiger partial charge in [0.15, 0.2) is 0 Å². The first kappa shape index (κ1) is 23.5. The standard InChI is InChI=1S/C26H30N4O4/c1-3-19(17-9-6-5-7-10-17)28-25(32)18-15-22(30-13-14-34-16-23(18)30)26(33)29-20(4-2)21-11-8-12-24(31)27-21/h5-12,15,19-20H,3-4,13-14,16H2,1-2H3,(H,27,31)(H,28,32)(H,29,33). The lowest BCUT2D eigenvalue weighted by Gasteiger charge is -2.21. The van der Waals surface area contributed by atoms with Crippen LogP contribution in [0.15, 0.2) is 59.4 Å². The minimum atomic E-state index is -0.354. The van der Waals surface area contributed by atoms with Crippen LogP contribution in [0, 0.1) is 0 Å². The number of carbonyl (C=O) groups excluding carboxylic acids is 2. The molecule has 2 amide bonds. The zero-order chi connectivity index (χ0) is 24.1. The van der Waals surface area contributed by atoms with Gasteiger partial charge in [0.25, 0.3) is 11.8 Å². The minimum absolute atomic E-state index is 0.134. The molecule has 2 aromatic heterocycles. The van der Waals surface area contributed by atoms with Crippen molar-refractivity contribution in [2.24, 2.45) is 0 Å². The lowest BCUT2D eigenvalue weighted by Crippen LogP contribution is -2.32. The molecule has 8 heteroatoms. The second-order valence-electron chi connectivity index (χ2n) is 8.34. The molecular formula is C26H30N4O4. The number of H-pyrrole nitrogens is 1. The van der Waals surface area contributed by atoms with Crippen molar-refractivity contribution in [3.05, 3.63) is 93.2 Å². The van der Waals surface area contributed by atoms with Gasteiger partial charge in [-0.3, -0.25) is 14.4 Å². The Morgan fingerprint density at radius 2 is 1.74 bits per heavy atom. The lowest BCUT2D eigenvalue weighted by molar-refractivity contribution is 0.0773. The predicted octanol–water partition coefficient (Wildman–Crippen LogP) is 3.47. The fourth-order valence-electron chi connectivity index (χ4n) is 4.35. The van der Waals surface area contributed by atoms with E-state index in [-0.39, 0.29) is 36.1 Å². The van der Waals surface area contributed by atoms with Gasteiger partial charge in [0.05, 0.1) is 36.6 Å². The average Bonchev–Trinajstić information content (AvgIpc) is 3.26. The smallest absolute Gasteiger partial charge is 0.268 e. The van der Waals surface area contributed by atoms with Gasteiger partial charge in [0, 0.05) is 18.3 Å². The number of pyridine rings is 1. The number of ether oxygens (including phenoxy) is 1.